The number of aromatic nitrogens is 3. The van der Waals surface area contributed by atoms with Crippen LogP contribution in [-0.4, -0.2) is 25.8 Å². The Bertz CT molecular complexity index is 4570. The Kier molecular flexibility index (Phi) is 10.9. The van der Waals surface area contributed by atoms with Crippen molar-refractivity contribution in [3.63, 3.8) is 0 Å². The zero-order valence-electron chi connectivity index (χ0n) is 47.5. The molecule has 0 N–H and O–H groups in total. The molecule has 4 nitrogen and oxygen atoms in total. The van der Waals surface area contributed by atoms with Gasteiger partial charge in [0, 0.05) is 71.3 Å². The first kappa shape index (κ1) is 49.0. The van der Waals surface area contributed by atoms with Gasteiger partial charge in [-0.15, -0.1) is 0 Å². The van der Waals surface area contributed by atoms with Gasteiger partial charge in [0.25, 0.3) is 0 Å². The Balaban J connectivity index is 0.802. The molecule has 4 atom stereocenters. The second-order valence-electron chi connectivity index (χ2n) is 24.6. The van der Waals surface area contributed by atoms with Gasteiger partial charge in [0.05, 0.1) is 45.2 Å². The molecule has 4 aliphatic rings. The van der Waals surface area contributed by atoms with Crippen LogP contribution in [0.25, 0.3) is 82.5 Å². The Labute approximate surface area is 490 Å². The minimum absolute atomic E-state index is 0.0851. The molecule has 84 heavy (non-hydrogen) atoms. The molecular weight excluding hydrogens is 1020 g/mol. The molecule has 1 saturated carbocycles. The summed E-state index contributed by atoms with van der Waals surface area (Å²) in [6.07, 6.45) is 21.1. The maximum atomic E-state index is 2.73. The third kappa shape index (κ3) is 7.07. The Morgan fingerprint density at radius 1 is 0.369 bits per heavy atom. The maximum absolute atomic E-state index is 2.73. The smallest absolute Gasteiger partial charge is 0.0612 e. The highest BCUT2D eigenvalue weighted by molar-refractivity contribution is 6.11. The molecule has 0 radical (unpaired) electrons. The van der Waals surface area contributed by atoms with Crippen LogP contribution < -0.4 is 4.90 Å². The van der Waals surface area contributed by atoms with Gasteiger partial charge in [0.2, 0.25) is 0 Å². The van der Waals surface area contributed by atoms with Gasteiger partial charge < -0.3 is 18.6 Å². The van der Waals surface area contributed by atoms with Gasteiger partial charge >= 0.3 is 0 Å². The van der Waals surface area contributed by atoms with E-state index in [4.69, 9.17) is 0 Å². The van der Waals surface area contributed by atoms with Crippen molar-refractivity contribution in [3.8, 4) is 17.1 Å². The monoisotopic (exact) mass is 1080 g/mol. The van der Waals surface area contributed by atoms with Crippen LogP contribution in [0.3, 0.4) is 0 Å². The lowest BCUT2D eigenvalue weighted by Crippen LogP contribution is -2.49. The number of hydrogen-bond donors (Lipinski definition) is 0. The van der Waals surface area contributed by atoms with E-state index in [0.717, 1.165) is 25.7 Å². The summed E-state index contributed by atoms with van der Waals surface area (Å²) < 4.78 is 7.37. The summed E-state index contributed by atoms with van der Waals surface area (Å²) >= 11 is 0. The zero-order valence-corrected chi connectivity index (χ0v) is 47.5. The number of hydrogen-bond acceptors (Lipinski definition) is 1. The molecule has 0 amide bonds. The highest BCUT2D eigenvalue weighted by Crippen LogP contribution is 2.57. The second-order valence-corrected chi connectivity index (χ2v) is 24.6. The van der Waals surface area contributed by atoms with Gasteiger partial charge in [-0.1, -0.05) is 213 Å². The van der Waals surface area contributed by atoms with E-state index in [1.54, 1.807) is 0 Å². The number of nitrogens with zero attached hydrogens (tertiary/aromatic N) is 4. The minimum Gasteiger partial charge on any atom is -0.357 e. The number of anilines is 1. The highest BCUT2D eigenvalue weighted by Gasteiger charge is 2.51. The number of fused-ring (bicyclic) bond motifs is 12. The number of para-hydroxylation sites is 7. The van der Waals surface area contributed by atoms with Crippen molar-refractivity contribution in [2.75, 3.05) is 4.90 Å². The van der Waals surface area contributed by atoms with Gasteiger partial charge in [-0.3, -0.25) is 0 Å². The van der Waals surface area contributed by atoms with E-state index < -0.39 is 0 Å². The quantitative estimate of drug-likeness (QED) is 0.148. The summed E-state index contributed by atoms with van der Waals surface area (Å²) in [4.78, 5) is 2.73. The molecule has 13 aromatic rings. The fourth-order valence-electron chi connectivity index (χ4n) is 16.5. The average molecular weight is 1080 g/mol. The molecule has 3 aliphatic carbocycles. The largest absolute Gasteiger partial charge is 0.357 e. The van der Waals surface area contributed by atoms with E-state index in [1.807, 2.05) is 0 Å². The first-order valence-corrected chi connectivity index (χ1v) is 30.3. The summed E-state index contributed by atoms with van der Waals surface area (Å²) in [6, 6.07) is 92.0. The van der Waals surface area contributed by atoms with Crippen LogP contribution in [0.1, 0.15) is 61.8 Å². The first-order valence-electron chi connectivity index (χ1n) is 30.3. The summed E-state index contributed by atoms with van der Waals surface area (Å²) in [5.74, 6) is 0.266. The van der Waals surface area contributed by atoms with E-state index in [-0.39, 0.29) is 34.2 Å². The van der Waals surface area contributed by atoms with Crippen LogP contribution in [0.15, 0.2) is 291 Å². The Morgan fingerprint density at radius 3 is 1.13 bits per heavy atom. The molecule has 1 fully saturated rings. The Morgan fingerprint density at radius 2 is 0.726 bits per heavy atom. The molecule has 0 saturated heterocycles. The van der Waals surface area contributed by atoms with Crippen LogP contribution in [0, 0.1) is 5.92 Å². The van der Waals surface area contributed by atoms with E-state index in [2.05, 4.69) is 318 Å². The molecule has 404 valence electrons. The summed E-state index contributed by atoms with van der Waals surface area (Å²) in [5, 5.41) is 7.68. The van der Waals surface area contributed by atoms with E-state index in [0.29, 0.717) is 0 Å². The van der Waals surface area contributed by atoms with Crippen LogP contribution in [0.5, 0.6) is 0 Å². The normalized spacial score (nSPS) is 20.6. The van der Waals surface area contributed by atoms with Crippen molar-refractivity contribution in [3.05, 3.63) is 313 Å². The second kappa shape index (κ2) is 18.7. The van der Waals surface area contributed by atoms with Crippen LogP contribution >= 0.6 is 0 Å². The molecule has 4 unspecified atom stereocenters. The molecule has 1 aliphatic heterocycles. The van der Waals surface area contributed by atoms with Crippen molar-refractivity contribution in [1.82, 2.24) is 13.7 Å². The lowest BCUT2D eigenvalue weighted by atomic mass is 9.54. The fraction of sp³-hybridized carbons (Fsp3) is 0.150. The average Bonchev–Trinajstić information content (AvgIpc) is 2.89. The van der Waals surface area contributed by atoms with Gasteiger partial charge in [-0.25, -0.2) is 0 Å². The minimum atomic E-state index is -0.261. The van der Waals surface area contributed by atoms with Crippen molar-refractivity contribution in [1.29, 1.82) is 0 Å². The fourth-order valence-corrected chi connectivity index (χ4v) is 16.5. The van der Waals surface area contributed by atoms with Crippen LogP contribution in [0.4, 0.5) is 5.69 Å². The predicted molar refractivity (Wildman–Crippen MR) is 352 cm³/mol. The molecule has 10 aromatic carbocycles. The molecule has 0 bridgehead atoms. The highest BCUT2D eigenvalue weighted by atomic mass is 15.2. The predicted octanol–water partition coefficient (Wildman–Crippen LogP) is 19.5. The van der Waals surface area contributed by atoms with Crippen LogP contribution in [-0.2, 0) is 16.2 Å². The molecule has 17 rings (SSSR count). The van der Waals surface area contributed by atoms with Gasteiger partial charge in [0.1, 0.15) is 0 Å². The summed E-state index contributed by atoms with van der Waals surface area (Å²) in [7, 11) is 0. The third-order valence-electron chi connectivity index (χ3n) is 20.6. The van der Waals surface area contributed by atoms with Gasteiger partial charge in [-0.05, 0) is 145 Å². The lowest BCUT2D eigenvalue weighted by molar-refractivity contribution is 0.254. The third-order valence-corrected chi connectivity index (χ3v) is 20.6. The standard InChI is InChI=1S/C80H64N4/c1-54-53-58(40-47-69(54)84-76-32-16-9-25-68(76)78(2)48-18-17-33-77(78)84)80(57-38-45-61(46-39-57)83-74-30-14-7-23-66(74)67-24-8-15-31-75(67)83)51-49-79(50-52-80,55-34-41-59(42-35-55)81-70-26-10-3-19-62(70)63-20-4-11-27-71(63)81)56-36-43-60(44-37-56)82-72-28-12-5-21-64(72)65-22-6-13-29-73(65)82/h3-48,53-54,69,77H,49-52H2,1-2H3. The summed E-state index contributed by atoms with van der Waals surface area (Å²) in [6.45, 7) is 4.90. The molecular formula is C80H64N4. The number of allylic oxidation sites excluding steroid dienone is 4. The number of benzene rings is 10. The number of rotatable bonds is 8. The van der Waals surface area contributed by atoms with Crippen LogP contribution in [0.2, 0.25) is 0 Å². The van der Waals surface area contributed by atoms with Crippen molar-refractivity contribution >= 4 is 71.1 Å². The summed E-state index contributed by atoms with van der Waals surface area (Å²) in [5.41, 5.74) is 18.7. The van der Waals surface area contributed by atoms with E-state index in [9.17, 15) is 0 Å². The molecule has 0 spiro atoms. The molecule has 4 heteroatoms. The molecule has 4 heterocycles. The van der Waals surface area contributed by atoms with Gasteiger partial charge in [-0.2, -0.15) is 0 Å². The van der Waals surface area contributed by atoms with Crippen molar-refractivity contribution in [2.24, 2.45) is 5.92 Å². The molecule has 3 aromatic heterocycles. The van der Waals surface area contributed by atoms with E-state index >= 15 is 0 Å². The Hall–Kier alpha value is -9.64. The topological polar surface area (TPSA) is 18.0 Å². The van der Waals surface area contributed by atoms with Crippen molar-refractivity contribution in [2.45, 2.75) is 67.9 Å². The SMILES string of the molecule is CC1C=C(C2(c3ccc(-n4c5ccccc5c5ccccc54)cc3)CCC(c3ccc(-n4c5ccccc5c5ccccc54)cc3)(c3ccc(-n4c5ccccc5c5ccccc54)cc3)CC2)C=CC1N1c2ccccc2C2(C)C=CC=CC12. The maximum Gasteiger partial charge on any atom is 0.0612 e. The van der Waals surface area contributed by atoms with Crippen molar-refractivity contribution < 1.29 is 0 Å². The zero-order chi connectivity index (χ0) is 55.7. The first-order chi connectivity index (χ1) is 41.4. The lowest BCUT2D eigenvalue weighted by Gasteiger charge is -2.50. The van der Waals surface area contributed by atoms with Gasteiger partial charge in [0.15, 0.2) is 0 Å². The van der Waals surface area contributed by atoms with E-state index in [1.165, 1.54) is 116 Å².